The fraction of sp³-hybridized carbons (Fsp3) is 0.500. The van der Waals surface area contributed by atoms with E-state index >= 15 is 0 Å². The van der Waals surface area contributed by atoms with Gasteiger partial charge < -0.3 is 9.64 Å². The minimum Gasteiger partial charge on any atom is -0.406 e. The molecule has 0 aromatic heterocycles. The first-order valence-electron chi connectivity index (χ1n) is 3.76. The highest BCUT2D eigenvalue weighted by molar-refractivity contribution is 5.19. The molecule has 1 atom stereocenters. The first-order chi connectivity index (χ1) is 5.88. The molecule has 0 aromatic carbocycles. The monoisotopic (exact) mass is 193 g/mol. The quantitative estimate of drug-likeness (QED) is 0.633. The molecule has 0 saturated heterocycles. The molecule has 1 aliphatic rings. The molecule has 0 fully saturated rings. The highest BCUT2D eigenvalue weighted by Crippen LogP contribution is 2.23. The zero-order valence-corrected chi connectivity index (χ0v) is 7.30. The van der Waals surface area contributed by atoms with Gasteiger partial charge in [-0.15, -0.1) is 13.2 Å². The topological polar surface area (TPSA) is 12.5 Å². The largest absolute Gasteiger partial charge is 0.573 e. The molecule has 0 unspecified atom stereocenters. The molecule has 1 heterocycles. The van der Waals surface area contributed by atoms with Crippen molar-refractivity contribution in [3.63, 3.8) is 0 Å². The van der Waals surface area contributed by atoms with Crippen LogP contribution in [0, 0.1) is 0 Å². The lowest BCUT2D eigenvalue weighted by atomic mass is 10.2. The number of hydrogen-bond donors (Lipinski definition) is 0. The summed E-state index contributed by atoms with van der Waals surface area (Å²) < 4.78 is 39.0. The first-order valence-corrected chi connectivity index (χ1v) is 3.76. The molecule has 0 bridgehead atoms. The zero-order chi connectivity index (χ0) is 10.1. The lowest BCUT2D eigenvalue weighted by molar-refractivity contribution is -0.303. The molecule has 0 saturated carbocycles. The van der Waals surface area contributed by atoms with Gasteiger partial charge in [0, 0.05) is 19.3 Å². The average Bonchev–Trinajstić information content (AvgIpc) is 1.94. The number of alkyl halides is 3. The lowest BCUT2D eigenvalue weighted by Crippen LogP contribution is -2.26. The predicted molar refractivity (Wildman–Crippen MR) is 41.6 cm³/mol. The molecule has 0 N–H and O–H groups in total. The smallest absolute Gasteiger partial charge is 0.406 e. The van der Waals surface area contributed by atoms with Crippen LogP contribution >= 0.6 is 0 Å². The van der Waals surface area contributed by atoms with Crippen LogP contribution in [-0.2, 0) is 4.74 Å². The van der Waals surface area contributed by atoms with Crippen LogP contribution in [0.25, 0.3) is 0 Å². The normalized spacial score (nSPS) is 23.0. The standard InChI is InChI=1S/C8H10F3NO/c1-6-5-7(3-4-12(6)2)13-8(9,10)11/h3-6H,1-2H3/t6-/m0/s1. The van der Waals surface area contributed by atoms with Crippen LogP contribution in [0.15, 0.2) is 24.1 Å². The van der Waals surface area contributed by atoms with Gasteiger partial charge in [0.25, 0.3) is 0 Å². The highest BCUT2D eigenvalue weighted by atomic mass is 19.4. The van der Waals surface area contributed by atoms with E-state index in [0.717, 1.165) is 0 Å². The number of rotatable bonds is 1. The maximum atomic E-state index is 11.8. The Morgan fingerprint density at radius 1 is 1.46 bits per heavy atom. The molecule has 1 rings (SSSR count). The van der Waals surface area contributed by atoms with Crippen LogP contribution in [-0.4, -0.2) is 24.4 Å². The summed E-state index contributed by atoms with van der Waals surface area (Å²) >= 11 is 0. The van der Waals surface area contributed by atoms with E-state index in [4.69, 9.17) is 0 Å². The van der Waals surface area contributed by atoms with Gasteiger partial charge in [-0.1, -0.05) is 0 Å². The van der Waals surface area contributed by atoms with Gasteiger partial charge in [-0.3, -0.25) is 0 Å². The molecule has 0 aliphatic carbocycles. The van der Waals surface area contributed by atoms with Crippen LogP contribution in [0.4, 0.5) is 13.2 Å². The van der Waals surface area contributed by atoms with E-state index < -0.39 is 6.36 Å². The number of likely N-dealkylation sites (N-methyl/N-ethyl adjacent to an activating group) is 1. The van der Waals surface area contributed by atoms with E-state index in [1.54, 1.807) is 25.1 Å². The third-order valence-electron chi connectivity index (χ3n) is 1.76. The van der Waals surface area contributed by atoms with Crippen molar-refractivity contribution in [1.82, 2.24) is 4.90 Å². The maximum absolute atomic E-state index is 11.8. The zero-order valence-electron chi connectivity index (χ0n) is 7.30. The van der Waals surface area contributed by atoms with E-state index in [9.17, 15) is 13.2 Å². The van der Waals surface area contributed by atoms with Crippen LogP contribution in [0.5, 0.6) is 0 Å². The van der Waals surface area contributed by atoms with Crippen molar-refractivity contribution < 1.29 is 17.9 Å². The fourth-order valence-corrected chi connectivity index (χ4v) is 0.939. The van der Waals surface area contributed by atoms with E-state index in [-0.39, 0.29) is 11.8 Å². The highest BCUT2D eigenvalue weighted by Gasteiger charge is 2.32. The molecule has 74 valence electrons. The Labute approximate surface area is 74.3 Å². The van der Waals surface area contributed by atoms with Crippen LogP contribution in [0.1, 0.15) is 6.92 Å². The third-order valence-corrected chi connectivity index (χ3v) is 1.76. The van der Waals surface area contributed by atoms with Crippen molar-refractivity contribution >= 4 is 0 Å². The Bertz CT molecular complexity index is 244. The molecule has 0 spiro atoms. The molecular weight excluding hydrogens is 183 g/mol. The third kappa shape index (κ3) is 3.01. The van der Waals surface area contributed by atoms with Gasteiger partial charge >= 0.3 is 6.36 Å². The Morgan fingerprint density at radius 3 is 2.54 bits per heavy atom. The molecule has 0 amide bonds. The Morgan fingerprint density at radius 2 is 2.08 bits per heavy atom. The van der Waals surface area contributed by atoms with Crippen molar-refractivity contribution in [2.45, 2.75) is 19.3 Å². The predicted octanol–water partition coefficient (Wildman–Crippen LogP) is 2.25. The second kappa shape index (κ2) is 3.32. The summed E-state index contributed by atoms with van der Waals surface area (Å²) in [7, 11) is 1.78. The number of hydrogen-bond acceptors (Lipinski definition) is 2. The van der Waals surface area contributed by atoms with Gasteiger partial charge in [0.05, 0.1) is 0 Å². The van der Waals surface area contributed by atoms with Crippen LogP contribution in [0.2, 0.25) is 0 Å². The molecule has 13 heavy (non-hydrogen) atoms. The SMILES string of the molecule is C[C@H]1C=C(OC(F)(F)F)C=CN1C. The van der Waals surface area contributed by atoms with Crippen molar-refractivity contribution in [3.05, 3.63) is 24.1 Å². The van der Waals surface area contributed by atoms with Crippen molar-refractivity contribution in [2.24, 2.45) is 0 Å². The lowest BCUT2D eigenvalue weighted by Gasteiger charge is -2.24. The van der Waals surface area contributed by atoms with Crippen molar-refractivity contribution in [1.29, 1.82) is 0 Å². The van der Waals surface area contributed by atoms with Crippen molar-refractivity contribution in [3.8, 4) is 0 Å². The second-order valence-electron chi connectivity index (χ2n) is 2.84. The van der Waals surface area contributed by atoms with Crippen LogP contribution in [0.3, 0.4) is 0 Å². The minimum absolute atomic E-state index is 0.0812. The number of halogens is 3. The van der Waals surface area contributed by atoms with E-state index in [0.29, 0.717) is 0 Å². The summed E-state index contributed by atoms with van der Waals surface area (Å²) in [4.78, 5) is 1.78. The van der Waals surface area contributed by atoms with Gasteiger partial charge in [-0.05, 0) is 19.1 Å². The Kier molecular flexibility index (Phi) is 2.54. The van der Waals surface area contributed by atoms with Crippen molar-refractivity contribution in [2.75, 3.05) is 7.05 Å². The number of nitrogens with zero attached hydrogens (tertiary/aromatic N) is 1. The van der Waals surface area contributed by atoms with Gasteiger partial charge in [-0.2, -0.15) is 0 Å². The minimum atomic E-state index is -4.61. The van der Waals surface area contributed by atoms with E-state index in [1.807, 2.05) is 0 Å². The molecule has 5 heteroatoms. The molecule has 0 aromatic rings. The van der Waals surface area contributed by atoms with Gasteiger partial charge in [0.2, 0.25) is 0 Å². The second-order valence-corrected chi connectivity index (χ2v) is 2.84. The van der Waals surface area contributed by atoms with Gasteiger partial charge in [0.1, 0.15) is 5.76 Å². The Balaban J connectivity index is 2.64. The first kappa shape index (κ1) is 9.95. The summed E-state index contributed by atoms with van der Waals surface area (Å²) in [6.45, 7) is 1.78. The summed E-state index contributed by atoms with van der Waals surface area (Å²) in [5.41, 5.74) is 0. The average molecular weight is 193 g/mol. The van der Waals surface area contributed by atoms with Crippen LogP contribution < -0.4 is 0 Å². The summed E-state index contributed by atoms with van der Waals surface area (Å²) in [6.07, 6.45) is -0.363. The van der Waals surface area contributed by atoms with E-state index in [2.05, 4.69) is 4.74 Å². The summed E-state index contributed by atoms with van der Waals surface area (Å²) in [5, 5.41) is 0. The maximum Gasteiger partial charge on any atom is 0.573 e. The number of allylic oxidation sites excluding steroid dienone is 1. The number of ether oxygens (including phenoxy) is 1. The van der Waals surface area contributed by atoms with E-state index in [1.165, 1.54) is 12.2 Å². The Hall–Kier alpha value is -1.13. The summed E-state index contributed by atoms with van der Waals surface area (Å²) in [6, 6.07) is -0.0812. The molecule has 0 radical (unpaired) electrons. The van der Waals surface area contributed by atoms with Gasteiger partial charge in [-0.25, -0.2) is 0 Å². The summed E-state index contributed by atoms with van der Waals surface area (Å²) in [5.74, 6) is -0.155. The molecule has 1 aliphatic heterocycles. The van der Waals surface area contributed by atoms with Gasteiger partial charge in [0.15, 0.2) is 0 Å². The molecular formula is C8H10F3NO. The fourth-order valence-electron chi connectivity index (χ4n) is 0.939. The molecule has 2 nitrogen and oxygen atoms in total.